The van der Waals surface area contributed by atoms with Gasteiger partial charge in [-0.15, -0.1) is 0 Å². The maximum atomic E-state index is 13.1. The third kappa shape index (κ3) is 2.99. The van der Waals surface area contributed by atoms with Crippen molar-refractivity contribution in [1.29, 1.82) is 0 Å². The van der Waals surface area contributed by atoms with Gasteiger partial charge in [0, 0.05) is 17.3 Å². The first-order valence-electron chi connectivity index (χ1n) is 8.43. The van der Waals surface area contributed by atoms with Crippen LogP contribution in [-0.4, -0.2) is 29.3 Å². The van der Waals surface area contributed by atoms with Crippen LogP contribution < -0.4 is 9.47 Å². The van der Waals surface area contributed by atoms with E-state index in [0.717, 1.165) is 27.6 Å². The van der Waals surface area contributed by atoms with Crippen molar-refractivity contribution < 1.29 is 13.9 Å². The van der Waals surface area contributed by atoms with Crippen molar-refractivity contribution in [3.8, 4) is 11.5 Å². The van der Waals surface area contributed by atoms with Gasteiger partial charge >= 0.3 is 0 Å². The average molecular weight is 363 g/mol. The lowest BCUT2D eigenvalue weighted by atomic mass is 10.1. The molecule has 5 nitrogen and oxygen atoms in total. The number of aromatic nitrogens is 2. The SMILES string of the molecule is COc1cc2ccn3c(/N=C(\C)c4ccc(F)cc4)ncc3c2cc1OC. The van der Waals surface area contributed by atoms with E-state index < -0.39 is 0 Å². The minimum atomic E-state index is -0.270. The number of ether oxygens (including phenoxy) is 2. The van der Waals surface area contributed by atoms with Crippen LogP contribution in [0.3, 0.4) is 0 Å². The van der Waals surface area contributed by atoms with Gasteiger partial charge in [-0.1, -0.05) is 12.1 Å². The molecule has 2 aromatic carbocycles. The molecule has 6 heteroatoms. The number of hydrogen-bond donors (Lipinski definition) is 0. The molecule has 0 fully saturated rings. The molecular weight excluding hydrogens is 345 g/mol. The topological polar surface area (TPSA) is 48.1 Å². The van der Waals surface area contributed by atoms with Crippen molar-refractivity contribution in [1.82, 2.24) is 9.38 Å². The van der Waals surface area contributed by atoms with Crippen LogP contribution in [0.4, 0.5) is 10.3 Å². The molecule has 0 unspecified atom stereocenters. The van der Waals surface area contributed by atoms with Gasteiger partial charge in [0.1, 0.15) is 5.82 Å². The third-order valence-electron chi connectivity index (χ3n) is 4.54. The summed E-state index contributed by atoms with van der Waals surface area (Å²) in [5.41, 5.74) is 2.52. The lowest BCUT2D eigenvalue weighted by Gasteiger charge is -2.10. The van der Waals surface area contributed by atoms with Gasteiger partial charge in [-0.25, -0.2) is 14.4 Å². The fourth-order valence-corrected chi connectivity index (χ4v) is 3.09. The number of fused-ring (bicyclic) bond motifs is 3. The largest absolute Gasteiger partial charge is 0.493 e. The first-order chi connectivity index (χ1) is 13.1. The Labute approximate surface area is 155 Å². The van der Waals surface area contributed by atoms with Crippen LogP contribution in [0.1, 0.15) is 12.5 Å². The maximum absolute atomic E-state index is 13.1. The number of rotatable bonds is 4. The number of halogens is 1. The standard InChI is InChI=1S/C21H18FN3O2/c1-13(14-4-6-16(22)7-5-14)24-21-23-12-18-17-11-20(27-3)19(26-2)10-15(17)8-9-25(18)21/h4-12H,1-3H3/b24-13+. The minimum absolute atomic E-state index is 0.270. The van der Waals surface area contributed by atoms with Gasteiger partial charge in [0.15, 0.2) is 11.5 Å². The molecule has 2 heterocycles. The summed E-state index contributed by atoms with van der Waals surface area (Å²) >= 11 is 0. The van der Waals surface area contributed by atoms with E-state index in [1.807, 2.05) is 35.7 Å². The van der Waals surface area contributed by atoms with Gasteiger partial charge in [0.05, 0.1) is 25.9 Å². The lowest BCUT2D eigenvalue weighted by Crippen LogP contribution is -1.95. The lowest BCUT2D eigenvalue weighted by molar-refractivity contribution is 0.356. The number of benzene rings is 2. The van der Waals surface area contributed by atoms with E-state index in [2.05, 4.69) is 9.98 Å². The van der Waals surface area contributed by atoms with Gasteiger partial charge in [0.25, 0.3) is 0 Å². The van der Waals surface area contributed by atoms with E-state index >= 15 is 0 Å². The van der Waals surface area contributed by atoms with E-state index in [1.165, 1.54) is 12.1 Å². The monoisotopic (exact) mass is 363 g/mol. The number of methoxy groups -OCH3 is 2. The molecule has 0 saturated heterocycles. The van der Waals surface area contributed by atoms with Crippen LogP contribution >= 0.6 is 0 Å². The molecule has 0 radical (unpaired) electrons. The summed E-state index contributed by atoms with van der Waals surface area (Å²) in [6.07, 6.45) is 3.71. The Morgan fingerprint density at radius 3 is 2.44 bits per heavy atom. The normalized spacial score (nSPS) is 11.9. The smallest absolute Gasteiger partial charge is 0.234 e. The van der Waals surface area contributed by atoms with E-state index in [-0.39, 0.29) is 5.82 Å². The van der Waals surface area contributed by atoms with Gasteiger partial charge < -0.3 is 9.47 Å². The van der Waals surface area contributed by atoms with E-state index in [4.69, 9.17) is 9.47 Å². The van der Waals surface area contributed by atoms with E-state index in [1.54, 1.807) is 32.5 Å². The molecule has 0 bridgehead atoms. The molecule has 27 heavy (non-hydrogen) atoms. The Bertz CT molecular complexity index is 1160. The Morgan fingerprint density at radius 1 is 1.04 bits per heavy atom. The van der Waals surface area contributed by atoms with E-state index in [0.29, 0.717) is 17.4 Å². The molecule has 2 aromatic heterocycles. The second kappa shape index (κ2) is 6.72. The highest BCUT2D eigenvalue weighted by Gasteiger charge is 2.11. The minimum Gasteiger partial charge on any atom is -0.493 e. The second-order valence-electron chi connectivity index (χ2n) is 6.13. The number of aliphatic imine (C=N–C) groups is 1. The molecule has 0 aliphatic carbocycles. The zero-order valence-corrected chi connectivity index (χ0v) is 15.2. The van der Waals surface area contributed by atoms with Gasteiger partial charge in [0.2, 0.25) is 5.95 Å². The van der Waals surface area contributed by atoms with Crippen LogP contribution in [0.25, 0.3) is 16.3 Å². The van der Waals surface area contributed by atoms with Crippen LogP contribution in [0.15, 0.2) is 59.9 Å². The Kier molecular flexibility index (Phi) is 4.24. The summed E-state index contributed by atoms with van der Waals surface area (Å²) in [6, 6.07) is 12.1. The number of nitrogens with zero attached hydrogens (tertiary/aromatic N) is 3. The summed E-state index contributed by atoms with van der Waals surface area (Å²) in [6.45, 7) is 1.88. The van der Waals surface area contributed by atoms with Crippen molar-refractivity contribution in [3.63, 3.8) is 0 Å². The third-order valence-corrected chi connectivity index (χ3v) is 4.54. The fourth-order valence-electron chi connectivity index (χ4n) is 3.09. The fraction of sp³-hybridized carbons (Fsp3) is 0.143. The molecule has 0 spiro atoms. The van der Waals surface area contributed by atoms with Crippen molar-refractivity contribution in [2.24, 2.45) is 4.99 Å². The first-order valence-corrected chi connectivity index (χ1v) is 8.43. The molecule has 0 amide bonds. The van der Waals surface area contributed by atoms with E-state index in [9.17, 15) is 4.39 Å². The maximum Gasteiger partial charge on any atom is 0.234 e. The van der Waals surface area contributed by atoms with Crippen molar-refractivity contribution in [2.45, 2.75) is 6.92 Å². The molecule has 136 valence electrons. The Morgan fingerprint density at radius 2 is 1.74 bits per heavy atom. The van der Waals surface area contributed by atoms with Crippen molar-refractivity contribution in [2.75, 3.05) is 14.2 Å². The second-order valence-corrected chi connectivity index (χ2v) is 6.13. The van der Waals surface area contributed by atoms with Crippen LogP contribution in [0.5, 0.6) is 11.5 Å². The molecule has 0 N–H and O–H groups in total. The van der Waals surface area contributed by atoms with Crippen LogP contribution in [-0.2, 0) is 0 Å². The Balaban J connectivity index is 1.85. The average Bonchev–Trinajstić information content (AvgIpc) is 3.10. The van der Waals surface area contributed by atoms with Crippen molar-refractivity contribution in [3.05, 3.63) is 66.2 Å². The quantitative estimate of drug-likeness (QED) is 0.490. The molecule has 0 aliphatic rings. The zero-order chi connectivity index (χ0) is 19.0. The predicted octanol–water partition coefficient (Wildman–Crippen LogP) is 4.78. The van der Waals surface area contributed by atoms with Crippen LogP contribution in [0.2, 0.25) is 0 Å². The molecule has 4 aromatic rings. The summed E-state index contributed by atoms with van der Waals surface area (Å²) in [5.74, 6) is 1.63. The summed E-state index contributed by atoms with van der Waals surface area (Å²) in [7, 11) is 3.23. The van der Waals surface area contributed by atoms with Gasteiger partial charge in [-0.05, 0) is 48.2 Å². The number of pyridine rings is 1. The molecular formula is C21H18FN3O2. The highest BCUT2D eigenvalue weighted by Crippen LogP contribution is 2.34. The first kappa shape index (κ1) is 17.0. The number of hydrogen-bond acceptors (Lipinski definition) is 4. The molecule has 0 saturated carbocycles. The summed E-state index contributed by atoms with van der Waals surface area (Å²) in [5, 5.41) is 2.01. The predicted molar refractivity (Wildman–Crippen MR) is 104 cm³/mol. The van der Waals surface area contributed by atoms with Crippen molar-refractivity contribution >= 4 is 27.9 Å². The highest BCUT2D eigenvalue weighted by atomic mass is 19.1. The van der Waals surface area contributed by atoms with Gasteiger partial charge in [-0.3, -0.25) is 4.40 Å². The Hall–Kier alpha value is -3.41. The number of imidazole rings is 1. The molecule has 0 aliphatic heterocycles. The summed E-state index contributed by atoms with van der Waals surface area (Å²) in [4.78, 5) is 9.08. The zero-order valence-electron chi connectivity index (χ0n) is 15.2. The highest BCUT2D eigenvalue weighted by molar-refractivity contribution is 6.01. The molecule has 4 rings (SSSR count). The van der Waals surface area contributed by atoms with Gasteiger partial charge in [-0.2, -0.15) is 0 Å². The molecule has 0 atom stereocenters. The van der Waals surface area contributed by atoms with Crippen LogP contribution in [0, 0.1) is 5.82 Å². The summed E-state index contributed by atoms with van der Waals surface area (Å²) < 4.78 is 25.8.